The van der Waals surface area contributed by atoms with E-state index >= 15 is 0 Å². The Kier molecular flexibility index (Phi) is 6.78. The van der Waals surface area contributed by atoms with E-state index in [0.717, 1.165) is 5.69 Å². The van der Waals surface area contributed by atoms with Gasteiger partial charge in [0.05, 0.1) is 15.7 Å². The maximum atomic E-state index is 12.7. The Morgan fingerprint density at radius 2 is 1.96 bits per heavy atom. The fourth-order valence-electron chi connectivity index (χ4n) is 2.59. The van der Waals surface area contributed by atoms with E-state index in [0.29, 0.717) is 27.4 Å². The van der Waals surface area contributed by atoms with E-state index in [4.69, 9.17) is 23.2 Å². The molecule has 0 bridgehead atoms. The molecule has 1 saturated heterocycles. The van der Waals surface area contributed by atoms with Gasteiger partial charge in [-0.15, -0.1) is 6.58 Å². The van der Waals surface area contributed by atoms with Crippen LogP contribution in [0.2, 0.25) is 10.0 Å². The number of rotatable bonds is 6. The molecule has 1 atom stereocenters. The summed E-state index contributed by atoms with van der Waals surface area (Å²) in [7, 11) is 0. The van der Waals surface area contributed by atoms with Crippen molar-refractivity contribution in [2.75, 3.05) is 11.9 Å². The van der Waals surface area contributed by atoms with Crippen LogP contribution in [-0.4, -0.2) is 33.7 Å². The van der Waals surface area contributed by atoms with Crippen molar-refractivity contribution in [2.24, 2.45) is 4.99 Å². The Hall–Kier alpha value is -2.28. The van der Waals surface area contributed by atoms with Crippen molar-refractivity contribution < 1.29 is 9.59 Å². The van der Waals surface area contributed by atoms with E-state index in [9.17, 15) is 9.59 Å². The maximum absolute atomic E-state index is 12.7. The van der Waals surface area contributed by atoms with Crippen LogP contribution >= 0.6 is 35.0 Å². The van der Waals surface area contributed by atoms with Crippen molar-refractivity contribution in [1.29, 1.82) is 0 Å². The molecule has 0 aliphatic carbocycles. The summed E-state index contributed by atoms with van der Waals surface area (Å²) in [5.41, 5.74) is 1.27. The third kappa shape index (κ3) is 4.95. The topological polar surface area (TPSA) is 61.8 Å². The minimum absolute atomic E-state index is 0.0190. The second-order valence-electron chi connectivity index (χ2n) is 5.96. The molecule has 8 heteroatoms. The van der Waals surface area contributed by atoms with E-state index in [1.54, 1.807) is 29.2 Å². The van der Waals surface area contributed by atoms with Crippen molar-refractivity contribution in [3.05, 3.63) is 71.2 Å². The molecule has 1 heterocycles. The quantitative estimate of drug-likeness (QED) is 0.641. The zero-order chi connectivity index (χ0) is 20.1. The van der Waals surface area contributed by atoms with Gasteiger partial charge in [0.25, 0.3) is 0 Å². The molecule has 0 aromatic heterocycles. The highest BCUT2D eigenvalue weighted by Gasteiger charge is 2.38. The van der Waals surface area contributed by atoms with Crippen LogP contribution in [0.3, 0.4) is 0 Å². The lowest BCUT2D eigenvalue weighted by Crippen LogP contribution is -2.33. The van der Waals surface area contributed by atoms with Crippen LogP contribution in [0.1, 0.15) is 6.42 Å². The van der Waals surface area contributed by atoms with Gasteiger partial charge in [-0.2, -0.15) is 0 Å². The first kappa shape index (κ1) is 20.5. The zero-order valence-corrected chi connectivity index (χ0v) is 17.1. The number of hydrogen-bond acceptors (Lipinski definition) is 4. The number of hydrogen-bond donors (Lipinski definition) is 1. The number of aliphatic imine (C=N–C) groups is 1. The van der Waals surface area contributed by atoms with Gasteiger partial charge in [-0.05, 0) is 30.3 Å². The summed E-state index contributed by atoms with van der Waals surface area (Å²) in [6.07, 6.45) is 1.66. The van der Waals surface area contributed by atoms with Gasteiger partial charge >= 0.3 is 0 Å². The zero-order valence-electron chi connectivity index (χ0n) is 14.8. The summed E-state index contributed by atoms with van der Waals surface area (Å²) < 4.78 is 0. The predicted octanol–water partition coefficient (Wildman–Crippen LogP) is 5.14. The van der Waals surface area contributed by atoms with Gasteiger partial charge in [-0.1, -0.05) is 59.2 Å². The van der Waals surface area contributed by atoms with Crippen molar-refractivity contribution in [2.45, 2.75) is 11.7 Å². The Labute approximate surface area is 177 Å². The van der Waals surface area contributed by atoms with Crippen molar-refractivity contribution in [3.8, 4) is 0 Å². The molecule has 3 rings (SSSR count). The van der Waals surface area contributed by atoms with Crippen LogP contribution in [0.5, 0.6) is 0 Å². The first-order chi connectivity index (χ1) is 13.5. The van der Waals surface area contributed by atoms with Gasteiger partial charge < -0.3 is 5.32 Å². The number of carbonyl (C=O) groups is 2. The first-order valence-electron chi connectivity index (χ1n) is 8.45. The first-order valence-corrected chi connectivity index (χ1v) is 10.1. The van der Waals surface area contributed by atoms with Gasteiger partial charge in [-0.3, -0.25) is 14.5 Å². The van der Waals surface area contributed by atoms with Crippen LogP contribution in [-0.2, 0) is 9.59 Å². The molecular formula is C20H17Cl2N3O2S. The lowest BCUT2D eigenvalue weighted by molar-refractivity contribution is -0.127. The summed E-state index contributed by atoms with van der Waals surface area (Å²) >= 11 is 13.1. The summed E-state index contributed by atoms with van der Waals surface area (Å²) in [6.45, 7) is 4.03. The molecule has 1 fully saturated rings. The second-order valence-corrected chi connectivity index (χ2v) is 7.94. The lowest BCUT2D eigenvalue weighted by Gasteiger charge is -2.13. The molecule has 1 aliphatic rings. The molecule has 28 heavy (non-hydrogen) atoms. The predicted molar refractivity (Wildman–Crippen MR) is 117 cm³/mol. The molecule has 2 amide bonds. The molecule has 0 spiro atoms. The Bertz CT molecular complexity index is 934. The van der Waals surface area contributed by atoms with Crippen LogP contribution in [0, 0.1) is 0 Å². The number of halogens is 2. The van der Waals surface area contributed by atoms with Crippen LogP contribution < -0.4 is 5.32 Å². The molecule has 0 unspecified atom stereocenters. The Morgan fingerprint density at radius 3 is 2.64 bits per heavy atom. The molecule has 0 radical (unpaired) electrons. The molecule has 1 N–H and O–H groups in total. The normalized spacial score (nSPS) is 17.8. The van der Waals surface area contributed by atoms with Crippen molar-refractivity contribution in [3.63, 3.8) is 0 Å². The number of anilines is 1. The highest BCUT2D eigenvalue weighted by Crippen LogP contribution is 2.32. The molecular weight excluding hydrogens is 417 g/mol. The van der Waals surface area contributed by atoms with Gasteiger partial charge in [0.2, 0.25) is 11.8 Å². The number of benzene rings is 2. The van der Waals surface area contributed by atoms with Crippen molar-refractivity contribution in [1.82, 2.24) is 4.90 Å². The number of para-hydroxylation sites is 1. The van der Waals surface area contributed by atoms with Gasteiger partial charge in [0.1, 0.15) is 5.25 Å². The van der Waals surface area contributed by atoms with E-state index in [1.807, 2.05) is 30.3 Å². The average Bonchev–Trinajstić information content (AvgIpc) is 2.94. The monoisotopic (exact) mass is 433 g/mol. The third-order valence-corrected chi connectivity index (χ3v) is 5.80. The molecule has 144 valence electrons. The summed E-state index contributed by atoms with van der Waals surface area (Å²) in [6, 6.07) is 14.2. The Morgan fingerprint density at radius 1 is 1.21 bits per heavy atom. The number of nitrogens with zero attached hydrogens (tertiary/aromatic N) is 2. The number of amides is 2. The van der Waals surface area contributed by atoms with Gasteiger partial charge in [0.15, 0.2) is 5.17 Å². The molecule has 5 nitrogen and oxygen atoms in total. The third-order valence-electron chi connectivity index (χ3n) is 3.89. The minimum Gasteiger partial charge on any atom is -0.326 e. The number of nitrogens with one attached hydrogen (secondary N) is 1. The Balaban J connectivity index is 1.72. The highest BCUT2D eigenvalue weighted by atomic mass is 35.5. The lowest BCUT2D eigenvalue weighted by atomic mass is 10.2. The summed E-state index contributed by atoms with van der Waals surface area (Å²) in [5.74, 6) is -0.451. The summed E-state index contributed by atoms with van der Waals surface area (Å²) in [4.78, 5) is 31.2. The van der Waals surface area contributed by atoms with Crippen molar-refractivity contribution >= 4 is 63.3 Å². The smallest absolute Gasteiger partial charge is 0.242 e. The van der Waals surface area contributed by atoms with Crippen LogP contribution in [0.4, 0.5) is 11.4 Å². The van der Waals surface area contributed by atoms with E-state index in [2.05, 4.69) is 16.9 Å². The van der Waals surface area contributed by atoms with Gasteiger partial charge in [-0.25, -0.2) is 4.99 Å². The van der Waals surface area contributed by atoms with E-state index in [-0.39, 0.29) is 18.2 Å². The minimum atomic E-state index is -0.551. The van der Waals surface area contributed by atoms with Crippen LogP contribution in [0.25, 0.3) is 0 Å². The second kappa shape index (κ2) is 9.28. The maximum Gasteiger partial charge on any atom is 0.242 e. The van der Waals surface area contributed by atoms with Crippen LogP contribution in [0.15, 0.2) is 66.2 Å². The van der Waals surface area contributed by atoms with Gasteiger partial charge in [0, 0.05) is 18.7 Å². The average molecular weight is 434 g/mol. The van der Waals surface area contributed by atoms with E-state index in [1.165, 1.54) is 11.8 Å². The fraction of sp³-hybridized carbons (Fsp3) is 0.150. The molecule has 2 aromatic carbocycles. The standard InChI is InChI=1S/C20H17Cl2N3O2S/c1-2-10-25-19(27)17(28-20(25)24-13-6-4-3-5-7-13)12-18(26)23-14-8-9-15(21)16(22)11-14/h2-9,11,17H,1,10,12H2,(H,23,26)/t17-/m1/s1. The molecule has 2 aromatic rings. The fourth-order valence-corrected chi connectivity index (χ4v) is 4.05. The molecule has 0 saturated carbocycles. The largest absolute Gasteiger partial charge is 0.326 e. The highest BCUT2D eigenvalue weighted by molar-refractivity contribution is 8.15. The SMILES string of the molecule is C=CCN1C(=O)[C@@H](CC(=O)Nc2ccc(Cl)c(Cl)c2)SC1=Nc1ccccc1. The molecule has 1 aliphatic heterocycles. The summed E-state index contributed by atoms with van der Waals surface area (Å²) in [5, 5.41) is 3.50. The van der Waals surface area contributed by atoms with E-state index < -0.39 is 5.25 Å². The number of thioether (sulfide) groups is 1. The number of carbonyl (C=O) groups excluding carboxylic acids is 2. The number of amidine groups is 1.